The number of piperazine rings is 1. The number of nitrogens with two attached hydrogens (primary N) is 1. The first-order chi connectivity index (χ1) is 12.0. The van der Waals surface area contributed by atoms with Crippen molar-refractivity contribution < 1.29 is 19.1 Å². The minimum atomic E-state index is -0.799. The molecule has 2 amide bonds. The molecule has 1 atom stereocenters. The van der Waals surface area contributed by atoms with Crippen molar-refractivity contribution in [3.8, 4) is 5.75 Å². The molecule has 154 valence electrons. The summed E-state index contributed by atoms with van der Waals surface area (Å²) in [5.74, 6) is 0.00434. The molecule has 1 fully saturated rings. The van der Waals surface area contributed by atoms with Crippen LogP contribution in [0.15, 0.2) is 18.2 Å². The first-order valence-electron chi connectivity index (χ1n) is 8.17. The Kier molecular flexibility index (Phi) is 11.3. The highest BCUT2D eigenvalue weighted by atomic mass is 35.5. The summed E-state index contributed by atoms with van der Waals surface area (Å²) in [5.41, 5.74) is 6.65. The van der Waals surface area contributed by atoms with E-state index in [9.17, 15) is 9.59 Å². The second-order valence-electron chi connectivity index (χ2n) is 6.06. The van der Waals surface area contributed by atoms with Crippen LogP contribution in [0.2, 0.25) is 0 Å². The van der Waals surface area contributed by atoms with E-state index in [0.29, 0.717) is 30.1 Å². The fourth-order valence-corrected chi connectivity index (χ4v) is 2.61. The number of nitrogens with one attached hydrogen (secondary N) is 1. The zero-order chi connectivity index (χ0) is 18.4. The Bertz CT molecular complexity index is 625. The van der Waals surface area contributed by atoms with Gasteiger partial charge in [0.25, 0.3) is 5.91 Å². The summed E-state index contributed by atoms with van der Waals surface area (Å²) in [6.45, 7) is 3.16. The van der Waals surface area contributed by atoms with Gasteiger partial charge in [0.1, 0.15) is 11.8 Å². The second-order valence-corrected chi connectivity index (χ2v) is 6.06. The van der Waals surface area contributed by atoms with Crippen LogP contribution in [0.25, 0.3) is 0 Å². The molecule has 27 heavy (non-hydrogen) atoms. The molecular formula is C17H28Cl2N4O4. The summed E-state index contributed by atoms with van der Waals surface area (Å²) in [6, 6.07) is 4.19. The van der Waals surface area contributed by atoms with Gasteiger partial charge < -0.3 is 30.3 Å². The van der Waals surface area contributed by atoms with Crippen LogP contribution in [0.1, 0.15) is 10.4 Å². The van der Waals surface area contributed by atoms with Crippen molar-refractivity contribution in [2.75, 3.05) is 59.4 Å². The van der Waals surface area contributed by atoms with Gasteiger partial charge in [-0.25, -0.2) is 0 Å². The molecule has 1 saturated heterocycles. The number of benzene rings is 1. The molecule has 0 bridgehead atoms. The van der Waals surface area contributed by atoms with Crippen LogP contribution < -0.4 is 15.8 Å². The lowest BCUT2D eigenvalue weighted by atomic mass is 10.1. The van der Waals surface area contributed by atoms with Crippen LogP contribution in [0.4, 0.5) is 5.69 Å². The molecule has 1 aromatic carbocycles. The molecule has 1 unspecified atom stereocenters. The maximum absolute atomic E-state index is 12.7. The highest BCUT2D eigenvalue weighted by Gasteiger charge is 2.22. The van der Waals surface area contributed by atoms with E-state index < -0.39 is 11.9 Å². The van der Waals surface area contributed by atoms with Gasteiger partial charge in [0.2, 0.25) is 5.91 Å². The number of rotatable bonds is 6. The molecule has 2 rings (SSSR count). The lowest BCUT2D eigenvalue weighted by Gasteiger charge is -2.32. The van der Waals surface area contributed by atoms with Gasteiger partial charge in [-0.2, -0.15) is 0 Å². The van der Waals surface area contributed by atoms with Gasteiger partial charge in [-0.1, -0.05) is 0 Å². The Morgan fingerprint density at radius 2 is 1.81 bits per heavy atom. The topological polar surface area (TPSA) is 97.1 Å². The fourth-order valence-electron chi connectivity index (χ4n) is 2.61. The number of hydrogen-bond acceptors (Lipinski definition) is 6. The van der Waals surface area contributed by atoms with Crippen LogP contribution >= 0.6 is 24.8 Å². The summed E-state index contributed by atoms with van der Waals surface area (Å²) in [6.07, 6.45) is 0. The first-order valence-corrected chi connectivity index (χ1v) is 8.17. The van der Waals surface area contributed by atoms with Crippen LogP contribution in [-0.2, 0) is 9.53 Å². The molecule has 0 spiro atoms. The normalized spacial score (nSPS) is 15.2. The molecule has 3 N–H and O–H groups in total. The molecule has 1 heterocycles. The van der Waals surface area contributed by atoms with Crippen molar-refractivity contribution in [1.82, 2.24) is 9.80 Å². The number of anilines is 1. The zero-order valence-electron chi connectivity index (χ0n) is 15.8. The van der Waals surface area contributed by atoms with Crippen molar-refractivity contribution in [1.29, 1.82) is 0 Å². The van der Waals surface area contributed by atoms with Gasteiger partial charge in [-0.3, -0.25) is 9.59 Å². The standard InChI is InChI=1S/C17H26N4O4.2ClH/c1-20-6-8-21(9-7-20)17(23)12-4-5-15(25-3)14(10-12)19-16(22)13(18)11-24-2;;/h4-5,10,13H,6-9,11,18H2,1-3H3,(H,19,22);2*1H. The zero-order valence-corrected chi connectivity index (χ0v) is 17.4. The van der Waals surface area contributed by atoms with E-state index in [1.54, 1.807) is 18.2 Å². The van der Waals surface area contributed by atoms with Crippen LogP contribution in [0.3, 0.4) is 0 Å². The van der Waals surface area contributed by atoms with Crippen molar-refractivity contribution in [3.63, 3.8) is 0 Å². The third-order valence-electron chi connectivity index (χ3n) is 4.18. The molecule has 10 heteroatoms. The van der Waals surface area contributed by atoms with Gasteiger partial charge in [0.05, 0.1) is 19.4 Å². The van der Waals surface area contributed by atoms with Crippen LogP contribution in [0, 0.1) is 0 Å². The highest BCUT2D eigenvalue weighted by Crippen LogP contribution is 2.26. The van der Waals surface area contributed by atoms with Crippen LogP contribution in [-0.4, -0.2) is 81.7 Å². The summed E-state index contributed by atoms with van der Waals surface area (Å²) in [4.78, 5) is 28.8. The first kappa shape index (κ1) is 25.4. The van der Waals surface area contributed by atoms with E-state index in [0.717, 1.165) is 13.1 Å². The largest absolute Gasteiger partial charge is 0.495 e. The van der Waals surface area contributed by atoms with E-state index in [1.807, 2.05) is 11.9 Å². The molecular weight excluding hydrogens is 395 g/mol. The minimum Gasteiger partial charge on any atom is -0.495 e. The number of nitrogens with zero attached hydrogens (tertiary/aromatic N) is 2. The Morgan fingerprint density at radius 1 is 1.19 bits per heavy atom. The Hall–Kier alpha value is -1.58. The van der Waals surface area contributed by atoms with Crippen LogP contribution in [0.5, 0.6) is 5.75 Å². The SMILES string of the molecule is COCC(N)C(=O)Nc1cc(C(=O)N2CCN(C)CC2)ccc1OC.Cl.Cl. The number of methoxy groups -OCH3 is 2. The lowest BCUT2D eigenvalue weighted by Crippen LogP contribution is -2.47. The van der Waals surface area contributed by atoms with Crippen molar-refractivity contribution >= 4 is 42.3 Å². The minimum absolute atomic E-state index is 0. The fraction of sp³-hybridized carbons (Fsp3) is 0.529. The number of carbonyl (C=O) groups excluding carboxylic acids is 2. The van der Waals surface area contributed by atoms with Gasteiger partial charge >= 0.3 is 0 Å². The van der Waals surface area contributed by atoms with Gasteiger partial charge in [-0.15, -0.1) is 24.8 Å². The smallest absolute Gasteiger partial charge is 0.254 e. The molecule has 1 aliphatic rings. The van der Waals surface area contributed by atoms with E-state index in [4.69, 9.17) is 15.2 Å². The van der Waals surface area contributed by atoms with E-state index >= 15 is 0 Å². The summed E-state index contributed by atoms with van der Waals surface area (Å²) < 4.78 is 10.1. The van der Waals surface area contributed by atoms with Crippen molar-refractivity contribution in [3.05, 3.63) is 23.8 Å². The molecule has 0 saturated carbocycles. The average molecular weight is 423 g/mol. The number of hydrogen-bond donors (Lipinski definition) is 2. The summed E-state index contributed by atoms with van der Waals surface area (Å²) >= 11 is 0. The Morgan fingerprint density at radius 3 is 2.37 bits per heavy atom. The quantitative estimate of drug-likeness (QED) is 0.704. The number of halogens is 2. The maximum atomic E-state index is 12.7. The van der Waals surface area contributed by atoms with Crippen molar-refractivity contribution in [2.45, 2.75) is 6.04 Å². The third kappa shape index (κ3) is 6.82. The Labute approximate surface area is 172 Å². The highest BCUT2D eigenvalue weighted by molar-refractivity contribution is 5.99. The number of ether oxygens (including phenoxy) is 2. The number of likely N-dealkylation sites (N-methyl/N-ethyl adjacent to an activating group) is 1. The molecule has 0 aliphatic carbocycles. The van der Waals surface area contributed by atoms with Gasteiger partial charge in [-0.05, 0) is 25.2 Å². The van der Waals surface area contributed by atoms with Gasteiger partial charge in [0, 0.05) is 38.9 Å². The summed E-state index contributed by atoms with van der Waals surface area (Å²) in [7, 11) is 5.01. The summed E-state index contributed by atoms with van der Waals surface area (Å²) in [5, 5.41) is 2.70. The molecule has 0 radical (unpaired) electrons. The number of carbonyl (C=O) groups is 2. The van der Waals surface area contributed by atoms with E-state index in [-0.39, 0.29) is 37.3 Å². The maximum Gasteiger partial charge on any atom is 0.254 e. The molecule has 1 aromatic rings. The monoisotopic (exact) mass is 422 g/mol. The predicted molar refractivity (Wildman–Crippen MR) is 109 cm³/mol. The molecule has 1 aliphatic heterocycles. The van der Waals surface area contributed by atoms with E-state index in [1.165, 1.54) is 14.2 Å². The Balaban J connectivity index is 0.00000338. The lowest BCUT2D eigenvalue weighted by molar-refractivity contribution is -0.118. The third-order valence-corrected chi connectivity index (χ3v) is 4.18. The number of amides is 2. The van der Waals surface area contributed by atoms with Gasteiger partial charge in [0.15, 0.2) is 0 Å². The molecule has 0 aromatic heterocycles. The second kappa shape index (κ2) is 12.0. The average Bonchev–Trinajstić information content (AvgIpc) is 2.62. The van der Waals surface area contributed by atoms with Crippen molar-refractivity contribution in [2.24, 2.45) is 5.73 Å². The predicted octanol–water partition coefficient (Wildman–Crippen LogP) is 0.839. The molecule has 8 nitrogen and oxygen atoms in total. The van der Waals surface area contributed by atoms with E-state index in [2.05, 4.69) is 10.2 Å².